The van der Waals surface area contributed by atoms with Crippen LogP contribution in [-0.4, -0.2) is 5.91 Å². The highest BCUT2D eigenvalue weighted by Gasteiger charge is 2.29. The Balaban J connectivity index is 2.21. The molecule has 0 heterocycles. The largest absolute Gasteiger partial charge is 0.325 e. The predicted molar refractivity (Wildman–Crippen MR) is 92.0 cm³/mol. The van der Waals surface area contributed by atoms with Crippen LogP contribution in [0.5, 0.6) is 0 Å². The molecule has 2 aromatic rings. The first-order chi connectivity index (χ1) is 9.41. The molecule has 0 saturated carbocycles. The van der Waals surface area contributed by atoms with E-state index in [1.165, 1.54) is 5.56 Å². The van der Waals surface area contributed by atoms with E-state index in [9.17, 15) is 4.79 Å². The fraction of sp³-hybridized carbons (Fsp3) is 0.235. The fourth-order valence-electron chi connectivity index (χ4n) is 1.94. The van der Waals surface area contributed by atoms with Gasteiger partial charge in [-0.05, 0) is 66.6 Å². The van der Waals surface area contributed by atoms with E-state index in [-0.39, 0.29) is 5.91 Å². The van der Waals surface area contributed by atoms with E-state index in [0.717, 1.165) is 14.8 Å². The smallest absolute Gasteiger partial charge is 0.234 e. The number of anilines is 1. The second-order valence-electron chi connectivity index (χ2n) is 5.41. The summed E-state index contributed by atoms with van der Waals surface area (Å²) in [4.78, 5) is 12.5. The highest BCUT2D eigenvalue weighted by Crippen LogP contribution is 2.25. The maximum absolute atomic E-state index is 12.5. The van der Waals surface area contributed by atoms with Crippen LogP contribution in [-0.2, 0) is 10.2 Å². The summed E-state index contributed by atoms with van der Waals surface area (Å²) >= 11 is 2.28. The number of halogens is 1. The zero-order chi connectivity index (χ0) is 14.8. The summed E-state index contributed by atoms with van der Waals surface area (Å²) in [6.45, 7) is 5.94. The average Bonchev–Trinajstić information content (AvgIpc) is 2.44. The number of nitrogens with one attached hydrogen (secondary N) is 1. The Morgan fingerprint density at radius 1 is 1.10 bits per heavy atom. The molecule has 2 nitrogen and oxygen atoms in total. The van der Waals surface area contributed by atoms with Crippen molar-refractivity contribution in [3.63, 3.8) is 0 Å². The maximum atomic E-state index is 12.5. The van der Waals surface area contributed by atoms with Crippen LogP contribution in [0.4, 0.5) is 5.69 Å². The number of benzene rings is 2. The number of aryl methyl sites for hydroxylation is 1. The number of hydrogen-bond donors (Lipinski definition) is 1. The Labute approximate surface area is 133 Å². The molecular formula is C17H18INO. The van der Waals surface area contributed by atoms with Crippen molar-refractivity contribution in [1.29, 1.82) is 0 Å². The van der Waals surface area contributed by atoms with Crippen LogP contribution in [0.15, 0.2) is 48.5 Å². The Bertz CT molecular complexity index is 620. The third-order valence-electron chi connectivity index (χ3n) is 3.49. The molecule has 3 heteroatoms. The Hall–Kier alpha value is -1.36. The molecule has 2 aromatic carbocycles. The molecule has 0 bridgehead atoms. The fourth-order valence-corrected chi connectivity index (χ4v) is 2.46. The molecule has 0 aliphatic rings. The molecule has 104 valence electrons. The van der Waals surface area contributed by atoms with Crippen LogP contribution in [0.2, 0.25) is 0 Å². The van der Waals surface area contributed by atoms with Crippen LogP contribution in [0.1, 0.15) is 25.0 Å². The minimum Gasteiger partial charge on any atom is -0.325 e. The third kappa shape index (κ3) is 3.20. The molecule has 0 aromatic heterocycles. The number of carbonyl (C=O) groups excluding carboxylic acids is 1. The molecule has 0 unspecified atom stereocenters. The molecule has 20 heavy (non-hydrogen) atoms. The molecule has 1 amide bonds. The minimum absolute atomic E-state index is 0.00310. The van der Waals surface area contributed by atoms with Crippen molar-refractivity contribution in [2.24, 2.45) is 0 Å². The number of carbonyl (C=O) groups is 1. The molecule has 0 radical (unpaired) electrons. The van der Waals surface area contributed by atoms with Gasteiger partial charge in [-0.25, -0.2) is 0 Å². The Morgan fingerprint density at radius 2 is 1.75 bits per heavy atom. The predicted octanol–water partition coefficient (Wildman–Crippen LogP) is 4.52. The van der Waals surface area contributed by atoms with Gasteiger partial charge in [0.2, 0.25) is 5.91 Å². The molecule has 0 aliphatic heterocycles. The molecule has 2 rings (SSSR count). The van der Waals surface area contributed by atoms with E-state index in [4.69, 9.17) is 0 Å². The lowest BCUT2D eigenvalue weighted by molar-refractivity contribution is -0.120. The van der Waals surface area contributed by atoms with Gasteiger partial charge in [-0.15, -0.1) is 0 Å². The van der Waals surface area contributed by atoms with E-state index in [1.54, 1.807) is 0 Å². The zero-order valence-corrected chi connectivity index (χ0v) is 14.1. The average molecular weight is 379 g/mol. The second kappa shape index (κ2) is 5.95. The Morgan fingerprint density at radius 3 is 2.35 bits per heavy atom. The van der Waals surface area contributed by atoms with E-state index in [2.05, 4.69) is 34.8 Å². The van der Waals surface area contributed by atoms with Crippen LogP contribution in [0.25, 0.3) is 0 Å². The molecule has 1 N–H and O–H groups in total. The van der Waals surface area contributed by atoms with E-state index >= 15 is 0 Å². The van der Waals surface area contributed by atoms with Crippen LogP contribution >= 0.6 is 22.6 Å². The summed E-state index contributed by atoms with van der Waals surface area (Å²) in [5.74, 6) is 0.00310. The van der Waals surface area contributed by atoms with Crippen molar-refractivity contribution in [2.75, 3.05) is 5.32 Å². The number of hydrogen-bond acceptors (Lipinski definition) is 1. The lowest BCUT2D eigenvalue weighted by Crippen LogP contribution is -2.34. The Kier molecular flexibility index (Phi) is 4.48. The summed E-state index contributed by atoms with van der Waals surface area (Å²) in [6, 6.07) is 15.8. The molecule has 0 atom stereocenters. The molecule has 0 spiro atoms. The lowest BCUT2D eigenvalue weighted by Gasteiger charge is -2.24. The van der Waals surface area contributed by atoms with Gasteiger partial charge in [0, 0.05) is 9.26 Å². The van der Waals surface area contributed by atoms with Crippen molar-refractivity contribution in [2.45, 2.75) is 26.2 Å². The van der Waals surface area contributed by atoms with Gasteiger partial charge in [0.05, 0.1) is 5.41 Å². The standard InChI is InChI=1S/C17H18INO/c1-12-9-10-14(11-15(12)18)19-16(20)17(2,3)13-7-5-4-6-8-13/h4-11H,1-3H3,(H,19,20). The van der Waals surface area contributed by atoms with Gasteiger partial charge >= 0.3 is 0 Å². The summed E-state index contributed by atoms with van der Waals surface area (Å²) in [7, 11) is 0. The van der Waals surface area contributed by atoms with Gasteiger partial charge in [0.1, 0.15) is 0 Å². The van der Waals surface area contributed by atoms with E-state index < -0.39 is 5.41 Å². The first-order valence-electron chi connectivity index (χ1n) is 6.54. The quantitative estimate of drug-likeness (QED) is 0.781. The van der Waals surface area contributed by atoms with Crippen LogP contribution in [0, 0.1) is 10.5 Å². The van der Waals surface area contributed by atoms with Crippen molar-refractivity contribution in [1.82, 2.24) is 0 Å². The number of rotatable bonds is 3. The van der Waals surface area contributed by atoms with Gasteiger partial charge in [-0.3, -0.25) is 4.79 Å². The summed E-state index contributed by atoms with van der Waals surface area (Å²) < 4.78 is 1.15. The van der Waals surface area contributed by atoms with Gasteiger partial charge in [0.25, 0.3) is 0 Å². The molecular weight excluding hydrogens is 361 g/mol. The lowest BCUT2D eigenvalue weighted by atomic mass is 9.83. The van der Waals surface area contributed by atoms with Crippen molar-refractivity contribution in [3.8, 4) is 0 Å². The van der Waals surface area contributed by atoms with Gasteiger partial charge < -0.3 is 5.32 Å². The summed E-state index contributed by atoms with van der Waals surface area (Å²) in [5.41, 5.74) is 2.51. The van der Waals surface area contributed by atoms with Gasteiger partial charge in [-0.1, -0.05) is 36.4 Å². The normalized spacial score (nSPS) is 11.2. The first-order valence-corrected chi connectivity index (χ1v) is 7.62. The third-order valence-corrected chi connectivity index (χ3v) is 4.66. The van der Waals surface area contributed by atoms with Crippen molar-refractivity contribution < 1.29 is 4.79 Å². The minimum atomic E-state index is -0.558. The van der Waals surface area contributed by atoms with E-state index in [0.29, 0.717) is 0 Å². The number of amides is 1. The zero-order valence-electron chi connectivity index (χ0n) is 11.9. The van der Waals surface area contributed by atoms with Crippen LogP contribution in [0.3, 0.4) is 0 Å². The van der Waals surface area contributed by atoms with E-state index in [1.807, 2.05) is 62.4 Å². The molecule has 0 saturated heterocycles. The van der Waals surface area contributed by atoms with Crippen molar-refractivity contribution in [3.05, 3.63) is 63.2 Å². The maximum Gasteiger partial charge on any atom is 0.234 e. The first kappa shape index (κ1) is 15.0. The van der Waals surface area contributed by atoms with Gasteiger partial charge in [0.15, 0.2) is 0 Å². The van der Waals surface area contributed by atoms with Gasteiger partial charge in [-0.2, -0.15) is 0 Å². The monoisotopic (exact) mass is 379 g/mol. The van der Waals surface area contributed by atoms with Crippen molar-refractivity contribution >= 4 is 34.2 Å². The molecule has 0 fully saturated rings. The highest BCUT2D eigenvalue weighted by atomic mass is 127. The second-order valence-corrected chi connectivity index (χ2v) is 6.57. The highest BCUT2D eigenvalue weighted by molar-refractivity contribution is 14.1. The molecule has 0 aliphatic carbocycles. The van der Waals surface area contributed by atoms with Crippen LogP contribution < -0.4 is 5.32 Å². The summed E-state index contributed by atoms with van der Waals surface area (Å²) in [6.07, 6.45) is 0. The topological polar surface area (TPSA) is 29.1 Å². The SMILES string of the molecule is Cc1ccc(NC(=O)C(C)(C)c2ccccc2)cc1I. The summed E-state index contributed by atoms with van der Waals surface area (Å²) in [5, 5.41) is 3.00.